The van der Waals surface area contributed by atoms with Gasteiger partial charge in [0, 0.05) is 37.4 Å². The SMILES string of the molecule is CN1CC[C@]2(C(=O)NCCc3cscn3)CCCN(C(=O)C3CC=CC3)[C@H]2C1. The summed E-state index contributed by atoms with van der Waals surface area (Å²) in [7, 11) is 2.10. The van der Waals surface area contributed by atoms with Crippen LogP contribution in [0.2, 0.25) is 0 Å². The summed E-state index contributed by atoms with van der Waals surface area (Å²) in [6, 6.07) is -0.0210. The second-order valence-electron chi connectivity index (χ2n) is 8.44. The van der Waals surface area contributed by atoms with Crippen LogP contribution >= 0.6 is 11.3 Å². The van der Waals surface area contributed by atoms with Crippen LogP contribution in [0.25, 0.3) is 0 Å². The van der Waals surface area contributed by atoms with Crippen molar-refractivity contribution in [3.05, 3.63) is 28.7 Å². The minimum Gasteiger partial charge on any atom is -0.355 e. The zero-order chi connectivity index (χ0) is 19.6. The molecule has 0 unspecified atom stereocenters. The van der Waals surface area contributed by atoms with Gasteiger partial charge in [0.25, 0.3) is 0 Å². The molecule has 2 aliphatic heterocycles. The molecule has 2 atom stereocenters. The molecule has 3 heterocycles. The number of hydrogen-bond acceptors (Lipinski definition) is 5. The van der Waals surface area contributed by atoms with E-state index in [9.17, 15) is 9.59 Å². The molecule has 0 spiro atoms. The number of nitrogens with one attached hydrogen (secondary N) is 1. The van der Waals surface area contributed by atoms with E-state index in [1.165, 1.54) is 0 Å². The Hall–Kier alpha value is -1.73. The van der Waals surface area contributed by atoms with Crippen LogP contribution in [0.15, 0.2) is 23.0 Å². The number of amides is 2. The Morgan fingerprint density at radius 3 is 2.86 bits per heavy atom. The largest absolute Gasteiger partial charge is 0.355 e. The number of rotatable bonds is 5. The van der Waals surface area contributed by atoms with Crippen LogP contribution in [0.4, 0.5) is 0 Å². The lowest BCUT2D eigenvalue weighted by Crippen LogP contribution is -2.66. The number of carbonyl (C=O) groups is 2. The molecule has 0 bridgehead atoms. The van der Waals surface area contributed by atoms with E-state index in [1.807, 2.05) is 10.9 Å². The topological polar surface area (TPSA) is 65.5 Å². The maximum Gasteiger partial charge on any atom is 0.228 e. The predicted octanol–water partition coefficient (Wildman–Crippen LogP) is 2.08. The molecule has 0 aromatic carbocycles. The predicted molar refractivity (Wildman–Crippen MR) is 110 cm³/mol. The lowest BCUT2D eigenvalue weighted by molar-refractivity contribution is -0.156. The summed E-state index contributed by atoms with van der Waals surface area (Å²) in [6.07, 6.45) is 9.26. The molecular weight excluding hydrogens is 372 g/mol. The van der Waals surface area contributed by atoms with Gasteiger partial charge in [-0.1, -0.05) is 12.2 Å². The summed E-state index contributed by atoms with van der Waals surface area (Å²) < 4.78 is 0. The molecule has 3 aliphatic rings. The molecule has 7 heteroatoms. The molecule has 2 saturated heterocycles. The van der Waals surface area contributed by atoms with E-state index in [1.54, 1.807) is 11.3 Å². The Kier molecular flexibility index (Phi) is 5.83. The van der Waals surface area contributed by atoms with Crippen molar-refractivity contribution >= 4 is 23.2 Å². The van der Waals surface area contributed by atoms with Crippen molar-refractivity contribution in [2.24, 2.45) is 11.3 Å². The smallest absolute Gasteiger partial charge is 0.228 e. The molecule has 2 fully saturated rings. The Morgan fingerprint density at radius 1 is 1.29 bits per heavy atom. The van der Waals surface area contributed by atoms with Crippen LogP contribution in [-0.2, 0) is 16.0 Å². The third-order valence-electron chi connectivity index (χ3n) is 6.70. The number of carbonyl (C=O) groups excluding carboxylic acids is 2. The second kappa shape index (κ2) is 8.33. The Labute approximate surface area is 171 Å². The van der Waals surface area contributed by atoms with Gasteiger partial charge in [0.2, 0.25) is 11.8 Å². The van der Waals surface area contributed by atoms with Gasteiger partial charge in [-0.25, -0.2) is 4.98 Å². The average molecular weight is 403 g/mol. The average Bonchev–Trinajstić information content (AvgIpc) is 3.41. The first-order valence-electron chi connectivity index (χ1n) is 10.4. The number of likely N-dealkylation sites (tertiary alicyclic amines) is 2. The van der Waals surface area contributed by atoms with E-state index >= 15 is 0 Å². The fourth-order valence-electron chi connectivity index (χ4n) is 5.06. The number of allylic oxidation sites excluding steroid dienone is 2. The molecule has 1 aliphatic carbocycles. The maximum atomic E-state index is 13.4. The van der Waals surface area contributed by atoms with Crippen LogP contribution in [0.3, 0.4) is 0 Å². The highest BCUT2D eigenvalue weighted by Gasteiger charge is 2.53. The molecule has 6 nitrogen and oxygen atoms in total. The third-order valence-corrected chi connectivity index (χ3v) is 7.34. The highest BCUT2D eigenvalue weighted by atomic mass is 32.1. The lowest BCUT2D eigenvalue weighted by atomic mass is 9.67. The van der Waals surface area contributed by atoms with Gasteiger partial charge in [-0.3, -0.25) is 9.59 Å². The molecule has 1 aromatic rings. The molecule has 0 radical (unpaired) electrons. The van der Waals surface area contributed by atoms with Crippen molar-refractivity contribution in [1.82, 2.24) is 20.1 Å². The molecular formula is C21H30N4O2S. The molecule has 28 heavy (non-hydrogen) atoms. The van der Waals surface area contributed by atoms with Crippen LogP contribution in [0.5, 0.6) is 0 Å². The number of aromatic nitrogens is 1. The van der Waals surface area contributed by atoms with Gasteiger partial charge in [-0.15, -0.1) is 11.3 Å². The highest BCUT2D eigenvalue weighted by Crippen LogP contribution is 2.43. The first kappa shape index (κ1) is 19.6. The van der Waals surface area contributed by atoms with Gasteiger partial charge in [0.1, 0.15) is 0 Å². The number of nitrogens with zero attached hydrogens (tertiary/aromatic N) is 3. The zero-order valence-corrected chi connectivity index (χ0v) is 17.4. The number of piperidine rings is 2. The van der Waals surface area contributed by atoms with Gasteiger partial charge < -0.3 is 15.1 Å². The first-order valence-corrected chi connectivity index (χ1v) is 11.3. The van der Waals surface area contributed by atoms with Crippen molar-refractivity contribution < 1.29 is 9.59 Å². The van der Waals surface area contributed by atoms with E-state index in [2.05, 4.69) is 39.3 Å². The molecule has 4 rings (SSSR count). The van der Waals surface area contributed by atoms with Crippen molar-refractivity contribution in [1.29, 1.82) is 0 Å². The highest BCUT2D eigenvalue weighted by molar-refractivity contribution is 7.07. The van der Waals surface area contributed by atoms with Gasteiger partial charge >= 0.3 is 0 Å². The number of hydrogen-bond donors (Lipinski definition) is 1. The minimum atomic E-state index is -0.450. The first-order chi connectivity index (χ1) is 13.6. The summed E-state index contributed by atoms with van der Waals surface area (Å²) in [5, 5.41) is 5.21. The summed E-state index contributed by atoms with van der Waals surface area (Å²) in [5.74, 6) is 0.434. The number of fused-ring (bicyclic) bond motifs is 1. The number of likely N-dealkylation sites (N-methyl/N-ethyl adjacent to an activating group) is 1. The van der Waals surface area contributed by atoms with E-state index in [0.29, 0.717) is 6.54 Å². The number of thiazole rings is 1. The van der Waals surface area contributed by atoms with Crippen LogP contribution in [0.1, 0.15) is 37.8 Å². The van der Waals surface area contributed by atoms with E-state index in [-0.39, 0.29) is 23.8 Å². The normalized spacial score (nSPS) is 28.3. The van der Waals surface area contributed by atoms with E-state index in [0.717, 1.165) is 63.9 Å². The standard InChI is InChI=1S/C21H30N4O2S/c1-24-12-9-21(20(27)22-10-7-17-14-28-15-23-17)8-4-11-25(18(21)13-24)19(26)16-5-2-3-6-16/h2-3,14-16,18H,4-13H2,1H3,(H,22,27)/t18-,21+/m0/s1. The molecule has 0 saturated carbocycles. The van der Waals surface area contributed by atoms with Crippen molar-refractivity contribution in [2.75, 3.05) is 33.2 Å². The van der Waals surface area contributed by atoms with Crippen LogP contribution < -0.4 is 5.32 Å². The van der Waals surface area contributed by atoms with E-state index in [4.69, 9.17) is 0 Å². The maximum absolute atomic E-state index is 13.4. The summed E-state index contributed by atoms with van der Waals surface area (Å²) in [5.41, 5.74) is 2.40. The van der Waals surface area contributed by atoms with Gasteiger partial charge in [-0.05, 0) is 45.7 Å². The van der Waals surface area contributed by atoms with Crippen LogP contribution in [0, 0.1) is 11.3 Å². The lowest BCUT2D eigenvalue weighted by Gasteiger charge is -2.53. The monoisotopic (exact) mass is 402 g/mol. The van der Waals surface area contributed by atoms with Crippen molar-refractivity contribution in [2.45, 2.75) is 44.6 Å². The summed E-state index contributed by atoms with van der Waals surface area (Å²) in [6.45, 7) is 3.07. The fourth-order valence-corrected chi connectivity index (χ4v) is 5.66. The van der Waals surface area contributed by atoms with Crippen molar-refractivity contribution in [3.8, 4) is 0 Å². The Balaban J connectivity index is 1.48. The van der Waals surface area contributed by atoms with Crippen LogP contribution in [-0.4, -0.2) is 65.9 Å². The van der Waals surface area contributed by atoms with Gasteiger partial charge in [-0.2, -0.15) is 0 Å². The summed E-state index contributed by atoms with van der Waals surface area (Å²) >= 11 is 1.58. The van der Waals surface area contributed by atoms with Gasteiger partial charge in [0.05, 0.1) is 22.7 Å². The third kappa shape index (κ3) is 3.74. The molecule has 2 amide bonds. The quantitative estimate of drug-likeness (QED) is 0.766. The van der Waals surface area contributed by atoms with E-state index < -0.39 is 5.41 Å². The fraction of sp³-hybridized carbons (Fsp3) is 0.667. The second-order valence-corrected chi connectivity index (χ2v) is 9.16. The van der Waals surface area contributed by atoms with Crippen molar-refractivity contribution in [3.63, 3.8) is 0 Å². The Bertz CT molecular complexity index is 727. The minimum absolute atomic E-state index is 0.0210. The zero-order valence-electron chi connectivity index (χ0n) is 16.6. The molecule has 152 valence electrons. The summed E-state index contributed by atoms with van der Waals surface area (Å²) in [4.78, 5) is 35.2. The van der Waals surface area contributed by atoms with Gasteiger partial charge in [0.15, 0.2) is 0 Å². The molecule has 1 aromatic heterocycles. The molecule has 1 N–H and O–H groups in total. The Morgan fingerprint density at radius 2 is 2.11 bits per heavy atom.